The van der Waals surface area contributed by atoms with Crippen molar-refractivity contribution in [2.45, 2.75) is 6.42 Å². The summed E-state index contributed by atoms with van der Waals surface area (Å²) in [5.41, 5.74) is 1.61. The van der Waals surface area contributed by atoms with E-state index in [1.807, 2.05) is 36.4 Å². The number of carbonyl (C=O) groups excluding carboxylic acids is 2. The molecule has 31 heavy (non-hydrogen) atoms. The Kier molecular flexibility index (Phi) is 4.52. The molecule has 2 amide bonds. The molecule has 154 valence electrons. The zero-order valence-electron chi connectivity index (χ0n) is 16.3. The lowest BCUT2D eigenvalue weighted by atomic mass is 10.1. The van der Waals surface area contributed by atoms with Crippen molar-refractivity contribution in [1.29, 1.82) is 5.26 Å². The minimum absolute atomic E-state index is 0.0711. The van der Waals surface area contributed by atoms with E-state index in [-0.39, 0.29) is 43.0 Å². The summed E-state index contributed by atoms with van der Waals surface area (Å²) < 4.78 is 12.2. The van der Waals surface area contributed by atoms with Gasteiger partial charge in [0.15, 0.2) is 17.3 Å². The fourth-order valence-corrected chi connectivity index (χ4v) is 3.72. The van der Waals surface area contributed by atoms with Gasteiger partial charge < -0.3 is 19.7 Å². The van der Waals surface area contributed by atoms with Crippen LogP contribution in [0, 0.1) is 17.2 Å². The van der Waals surface area contributed by atoms with Crippen molar-refractivity contribution in [2.24, 2.45) is 5.92 Å². The van der Waals surface area contributed by atoms with Crippen molar-refractivity contribution < 1.29 is 19.1 Å². The molecule has 2 aliphatic heterocycles. The van der Waals surface area contributed by atoms with E-state index in [2.05, 4.69) is 10.4 Å². The number of ether oxygens (including phenoxy) is 2. The van der Waals surface area contributed by atoms with E-state index in [9.17, 15) is 14.9 Å². The van der Waals surface area contributed by atoms with Crippen LogP contribution >= 0.6 is 0 Å². The molecule has 1 fully saturated rings. The highest BCUT2D eigenvalue weighted by Gasteiger charge is 2.36. The van der Waals surface area contributed by atoms with Crippen LogP contribution in [0.2, 0.25) is 0 Å². The lowest BCUT2D eigenvalue weighted by Crippen LogP contribution is -2.28. The number of amides is 2. The van der Waals surface area contributed by atoms with Crippen molar-refractivity contribution in [1.82, 2.24) is 9.78 Å². The Balaban J connectivity index is 1.36. The number of nitriles is 1. The maximum atomic E-state index is 13.0. The molecule has 5 rings (SSSR count). The zero-order chi connectivity index (χ0) is 21.4. The minimum Gasteiger partial charge on any atom is -0.454 e. The third-order valence-electron chi connectivity index (χ3n) is 5.30. The van der Waals surface area contributed by atoms with Crippen molar-refractivity contribution in [3.05, 3.63) is 60.3 Å². The van der Waals surface area contributed by atoms with E-state index in [0.717, 1.165) is 0 Å². The Bertz CT molecular complexity index is 1210. The number of fused-ring (bicyclic) bond motifs is 1. The highest BCUT2D eigenvalue weighted by molar-refractivity contribution is 6.03. The van der Waals surface area contributed by atoms with Gasteiger partial charge in [0.2, 0.25) is 18.6 Å². The lowest BCUT2D eigenvalue weighted by molar-refractivity contribution is -0.122. The summed E-state index contributed by atoms with van der Waals surface area (Å²) in [6.07, 6.45) is 1.48. The normalized spacial score (nSPS) is 16.9. The number of hydrogen-bond donors (Lipinski definition) is 1. The molecule has 1 atom stereocenters. The molecular weight excluding hydrogens is 398 g/mol. The summed E-state index contributed by atoms with van der Waals surface area (Å²) in [6.45, 7) is 0.375. The van der Waals surface area contributed by atoms with Gasteiger partial charge in [-0.1, -0.05) is 18.2 Å². The third kappa shape index (κ3) is 3.34. The van der Waals surface area contributed by atoms with E-state index in [4.69, 9.17) is 9.47 Å². The molecule has 3 aromatic rings. The van der Waals surface area contributed by atoms with Crippen LogP contribution in [0.3, 0.4) is 0 Å². The van der Waals surface area contributed by atoms with Gasteiger partial charge in [-0.3, -0.25) is 9.59 Å². The quantitative estimate of drug-likeness (QED) is 0.701. The molecule has 1 aromatic heterocycles. The Hall–Kier alpha value is -4.32. The molecule has 9 nitrogen and oxygen atoms in total. The Morgan fingerprint density at radius 1 is 1.13 bits per heavy atom. The number of nitrogens with zero attached hydrogens (tertiary/aromatic N) is 4. The average Bonchev–Trinajstić information content (AvgIpc) is 3.51. The summed E-state index contributed by atoms with van der Waals surface area (Å²) >= 11 is 0. The maximum absolute atomic E-state index is 13.0. The summed E-state index contributed by atoms with van der Waals surface area (Å²) in [7, 11) is 0. The molecule has 0 aliphatic carbocycles. The number of nitrogens with one attached hydrogen (secondary N) is 1. The molecule has 9 heteroatoms. The van der Waals surface area contributed by atoms with Gasteiger partial charge in [-0.05, 0) is 24.3 Å². The van der Waals surface area contributed by atoms with Crippen LogP contribution < -0.4 is 19.7 Å². The van der Waals surface area contributed by atoms with Gasteiger partial charge in [-0.25, -0.2) is 4.68 Å². The minimum atomic E-state index is -0.566. The second kappa shape index (κ2) is 7.50. The van der Waals surface area contributed by atoms with Gasteiger partial charge in [0.05, 0.1) is 17.8 Å². The number of rotatable bonds is 4. The number of aromatic nitrogens is 2. The van der Waals surface area contributed by atoms with Gasteiger partial charge in [0, 0.05) is 24.7 Å². The van der Waals surface area contributed by atoms with Crippen LogP contribution in [0.25, 0.3) is 5.69 Å². The fourth-order valence-electron chi connectivity index (χ4n) is 3.72. The molecule has 0 spiro atoms. The topological polar surface area (TPSA) is 109 Å². The SMILES string of the molecule is N#Cc1cnn(-c2ccccc2)c1NC(=O)C1CC(=O)N(c2ccc3c(c2)OCO3)C1. The average molecular weight is 415 g/mol. The van der Waals surface area contributed by atoms with Crippen LogP contribution in [0.5, 0.6) is 11.5 Å². The van der Waals surface area contributed by atoms with Crippen molar-refractivity contribution in [3.8, 4) is 23.3 Å². The van der Waals surface area contributed by atoms with E-state index >= 15 is 0 Å². The highest BCUT2D eigenvalue weighted by atomic mass is 16.7. The number of anilines is 2. The predicted octanol–water partition coefficient (Wildman–Crippen LogP) is 2.46. The van der Waals surface area contributed by atoms with E-state index in [1.54, 1.807) is 23.1 Å². The van der Waals surface area contributed by atoms with Gasteiger partial charge in [0.25, 0.3) is 0 Å². The Morgan fingerprint density at radius 3 is 2.74 bits per heavy atom. The Morgan fingerprint density at radius 2 is 1.94 bits per heavy atom. The summed E-state index contributed by atoms with van der Waals surface area (Å²) in [5.74, 6) is 0.421. The monoisotopic (exact) mass is 415 g/mol. The first-order valence-corrected chi connectivity index (χ1v) is 9.68. The van der Waals surface area contributed by atoms with Crippen LogP contribution in [-0.4, -0.2) is 34.9 Å². The molecule has 0 saturated carbocycles. The molecular formula is C22H17N5O4. The van der Waals surface area contributed by atoms with Gasteiger partial charge in [-0.2, -0.15) is 10.4 Å². The van der Waals surface area contributed by atoms with Crippen molar-refractivity contribution in [2.75, 3.05) is 23.6 Å². The molecule has 1 unspecified atom stereocenters. The van der Waals surface area contributed by atoms with E-state index in [1.165, 1.54) is 10.9 Å². The van der Waals surface area contributed by atoms with Crippen molar-refractivity contribution >= 4 is 23.3 Å². The first-order valence-electron chi connectivity index (χ1n) is 9.68. The second-order valence-corrected chi connectivity index (χ2v) is 7.20. The molecule has 3 heterocycles. The van der Waals surface area contributed by atoms with E-state index in [0.29, 0.717) is 22.9 Å². The first-order chi connectivity index (χ1) is 15.1. The summed E-state index contributed by atoms with van der Waals surface area (Å²) in [5, 5.41) is 16.5. The second-order valence-electron chi connectivity index (χ2n) is 7.20. The molecule has 0 radical (unpaired) electrons. The molecule has 1 N–H and O–H groups in total. The number of carbonyl (C=O) groups is 2. The van der Waals surface area contributed by atoms with Gasteiger partial charge >= 0.3 is 0 Å². The smallest absolute Gasteiger partial charge is 0.231 e. The molecule has 1 saturated heterocycles. The third-order valence-corrected chi connectivity index (χ3v) is 5.30. The maximum Gasteiger partial charge on any atom is 0.231 e. The molecule has 2 aliphatic rings. The number of para-hydroxylation sites is 1. The van der Waals surface area contributed by atoms with Crippen LogP contribution in [0.4, 0.5) is 11.5 Å². The predicted molar refractivity (Wildman–Crippen MR) is 110 cm³/mol. The fraction of sp³-hybridized carbons (Fsp3) is 0.182. The summed E-state index contributed by atoms with van der Waals surface area (Å²) in [4.78, 5) is 27.2. The standard InChI is InChI=1S/C22H17N5O4/c23-10-15-11-24-27(16-4-2-1-3-5-16)21(15)25-22(29)14-8-20(28)26(12-14)17-6-7-18-19(9-17)31-13-30-18/h1-7,9,11,14H,8,12-13H2,(H,25,29). The van der Waals surface area contributed by atoms with Crippen LogP contribution in [-0.2, 0) is 9.59 Å². The number of benzene rings is 2. The highest BCUT2D eigenvalue weighted by Crippen LogP contribution is 2.37. The molecule has 0 bridgehead atoms. The van der Waals surface area contributed by atoms with Crippen LogP contribution in [0.15, 0.2) is 54.7 Å². The summed E-state index contributed by atoms with van der Waals surface area (Å²) in [6, 6.07) is 16.5. The van der Waals surface area contributed by atoms with E-state index < -0.39 is 5.92 Å². The number of hydrogen-bond acceptors (Lipinski definition) is 6. The zero-order valence-corrected chi connectivity index (χ0v) is 16.3. The first kappa shape index (κ1) is 18.7. The van der Waals surface area contributed by atoms with Crippen molar-refractivity contribution in [3.63, 3.8) is 0 Å². The van der Waals surface area contributed by atoms with Crippen LogP contribution in [0.1, 0.15) is 12.0 Å². The Labute approximate surface area is 177 Å². The lowest BCUT2D eigenvalue weighted by Gasteiger charge is -2.17. The van der Waals surface area contributed by atoms with Gasteiger partial charge in [0.1, 0.15) is 11.6 Å². The largest absolute Gasteiger partial charge is 0.454 e. The van der Waals surface area contributed by atoms with Gasteiger partial charge in [-0.15, -0.1) is 0 Å². The molecule has 2 aromatic carbocycles.